The second-order valence-corrected chi connectivity index (χ2v) is 6.28. The van der Waals surface area contributed by atoms with Crippen molar-refractivity contribution in [3.63, 3.8) is 0 Å². The van der Waals surface area contributed by atoms with Crippen LogP contribution in [0.5, 0.6) is 11.5 Å². The maximum atomic E-state index is 13.2. The molecule has 0 spiro atoms. The summed E-state index contributed by atoms with van der Waals surface area (Å²) in [5, 5.41) is 5.22. The first kappa shape index (κ1) is 16.6. The van der Waals surface area contributed by atoms with Crippen LogP contribution < -0.4 is 20.1 Å². The van der Waals surface area contributed by atoms with E-state index in [1.54, 1.807) is 0 Å². The van der Waals surface area contributed by atoms with Gasteiger partial charge in [0.05, 0.1) is 13.2 Å². The fraction of sp³-hybridized carbons (Fsp3) is 0.316. The molecule has 0 bridgehead atoms. The van der Waals surface area contributed by atoms with Gasteiger partial charge in [-0.25, -0.2) is 13.6 Å². The van der Waals surface area contributed by atoms with Crippen LogP contribution in [-0.4, -0.2) is 25.8 Å². The molecule has 2 aromatic carbocycles. The summed E-state index contributed by atoms with van der Waals surface area (Å²) >= 11 is 0. The SMILES string of the molecule is O=C(NCCc1c2c(cc3c1OCC3)OCC2)Nc1ccc(F)c(F)c1. The molecule has 136 valence electrons. The van der Waals surface area contributed by atoms with E-state index in [2.05, 4.69) is 16.7 Å². The monoisotopic (exact) mass is 360 g/mol. The Balaban J connectivity index is 1.39. The van der Waals surface area contributed by atoms with Crippen LogP contribution in [0.25, 0.3) is 0 Å². The van der Waals surface area contributed by atoms with E-state index in [1.807, 2.05) is 0 Å². The Morgan fingerprint density at radius 3 is 2.77 bits per heavy atom. The molecule has 0 fully saturated rings. The van der Waals surface area contributed by atoms with E-state index < -0.39 is 17.7 Å². The molecular formula is C19H18F2N2O3. The molecule has 2 aliphatic rings. The van der Waals surface area contributed by atoms with Crippen molar-refractivity contribution in [2.45, 2.75) is 19.3 Å². The maximum absolute atomic E-state index is 13.2. The second-order valence-electron chi connectivity index (χ2n) is 6.28. The van der Waals surface area contributed by atoms with Crippen LogP contribution in [0.2, 0.25) is 0 Å². The third-order valence-corrected chi connectivity index (χ3v) is 4.60. The molecular weight excluding hydrogens is 342 g/mol. The van der Waals surface area contributed by atoms with Gasteiger partial charge in [-0.3, -0.25) is 0 Å². The minimum Gasteiger partial charge on any atom is -0.493 e. The number of amides is 2. The largest absolute Gasteiger partial charge is 0.493 e. The molecule has 0 aromatic heterocycles. The van der Waals surface area contributed by atoms with Gasteiger partial charge in [0.1, 0.15) is 11.5 Å². The zero-order chi connectivity index (χ0) is 18.1. The summed E-state index contributed by atoms with van der Waals surface area (Å²) in [5.41, 5.74) is 3.57. The quantitative estimate of drug-likeness (QED) is 0.880. The van der Waals surface area contributed by atoms with Crippen LogP contribution >= 0.6 is 0 Å². The molecule has 0 unspecified atom stereocenters. The number of benzene rings is 2. The van der Waals surface area contributed by atoms with Crippen LogP contribution in [0, 0.1) is 11.6 Å². The van der Waals surface area contributed by atoms with Crippen LogP contribution in [0.1, 0.15) is 16.7 Å². The lowest BCUT2D eigenvalue weighted by molar-refractivity contribution is 0.252. The Morgan fingerprint density at radius 2 is 1.92 bits per heavy atom. The summed E-state index contributed by atoms with van der Waals surface area (Å²) in [6, 6.07) is 4.80. The van der Waals surface area contributed by atoms with Crippen molar-refractivity contribution in [2.24, 2.45) is 0 Å². The van der Waals surface area contributed by atoms with Crippen molar-refractivity contribution >= 4 is 11.7 Å². The normalized spacial score (nSPS) is 14.2. The molecule has 26 heavy (non-hydrogen) atoms. The van der Waals surface area contributed by atoms with E-state index in [-0.39, 0.29) is 5.69 Å². The number of fused-ring (bicyclic) bond motifs is 2. The highest BCUT2D eigenvalue weighted by atomic mass is 19.2. The lowest BCUT2D eigenvalue weighted by atomic mass is 9.97. The molecule has 2 aliphatic heterocycles. The summed E-state index contributed by atoms with van der Waals surface area (Å²) < 4.78 is 37.5. The summed E-state index contributed by atoms with van der Waals surface area (Å²) in [7, 11) is 0. The van der Waals surface area contributed by atoms with E-state index in [1.165, 1.54) is 6.07 Å². The van der Waals surface area contributed by atoms with Gasteiger partial charge in [0.2, 0.25) is 0 Å². The molecule has 5 nitrogen and oxygen atoms in total. The first-order valence-electron chi connectivity index (χ1n) is 8.55. The number of carbonyl (C=O) groups excluding carboxylic acids is 1. The zero-order valence-corrected chi connectivity index (χ0v) is 14.0. The molecule has 0 saturated heterocycles. The number of anilines is 1. The lowest BCUT2D eigenvalue weighted by Crippen LogP contribution is -2.30. The second kappa shape index (κ2) is 6.82. The number of nitrogens with one attached hydrogen (secondary N) is 2. The molecule has 7 heteroatoms. The average Bonchev–Trinajstić information content (AvgIpc) is 3.26. The number of rotatable bonds is 4. The molecule has 0 radical (unpaired) electrons. The van der Waals surface area contributed by atoms with E-state index in [0.29, 0.717) is 26.2 Å². The lowest BCUT2D eigenvalue weighted by Gasteiger charge is -2.13. The molecule has 4 rings (SSSR count). The number of hydrogen-bond acceptors (Lipinski definition) is 3. The maximum Gasteiger partial charge on any atom is 0.319 e. The summed E-state index contributed by atoms with van der Waals surface area (Å²) in [5.74, 6) is -0.132. The van der Waals surface area contributed by atoms with Crippen molar-refractivity contribution in [3.05, 3.63) is 52.6 Å². The van der Waals surface area contributed by atoms with Crippen molar-refractivity contribution in [1.29, 1.82) is 0 Å². The Kier molecular flexibility index (Phi) is 4.36. The minimum atomic E-state index is -1.00. The van der Waals surface area contributed by atoms with Crippen LogP contribution in [0.15, 0.2) is 24.3 Å². The van der Waals surface area contributed by atoms with Gasteiger partial charge in [0.25, 0.3) is 0 Å². The van der Waals surface area contributed by atoms with Gasteiger partial charge in [-0.05, 0) is 24.6 Å². The van der Waals surface area contributed by atoms with Gasteiger partial charge in [-0.2, -0.15) is 0 Å². The topological polar surface area (TPSA) is 59.6 Å². The van der Waals surface area contributed by atoms with Gasteiger partial charge in [0, 0.05) is 47.8 Å². The van der Waals surface area contributed by atoms with Crippen molar-refractivity contribution in [2.75, 3.05) is 25.1 Å². The molecule has 2 heterocycles. The summed E-state index contributed by atoms with van der Waals surface area (Å²) in [6.07, 6.45) is 2.31. The van der Waals surface area contributed by atoms with E-state index >= 15 is 0 Å². The van der Waals surface area contributed by atoms with E-state index in [4.69, 9.17) is 9.47 Å². The summed E-state index contributed by atoms with van der Waals surface area (Å²) in [6.45, 7) is 1.71. The molecule has 2 N–H and O–H groups in total. The smallest absolute Gasteiger partial charge is 0.319 e. The molecule has 0 aliphatic carbocycles. The van der Waals surface area contributed by atoms with E-state index in [0.717, 1.165) is 53.2 Å². The predicted molar refractivity (Wildman–Crippen MR) is 91.9 cm³/mol. The number of carbonyl (C=O) groups is 1. The third-order valence-electron chi connectivity index (χ3n) is 4.60. The van der Waals surface area contributed by atoms with E-state index in [9.17, 15) is 13.6 Å². The van der Waals surface area contributed by atoms with Gasteiger partial charge < -0.3 is 20.1 Å². The molecule has 0 atom stereocenters. The van der Waals surface area contributed by atoms with Crippen molar-refractivity contribution in [1.82, 2.24) is 5.32 Å². The Morgan fingerprint density at radius 1 is 1.08 bits per heavy atom. The first-order valence-corrected chi connectivity index (χ1v) is 8.55. The van der Waals surface area contributed by atoms with Gasteiger partial charge in [0.15, 0.2) is 11.6 Å². The Labute approximate surface area is 149 Å². The zero-order valence-electron chi connectivity index (χ0n) is 14.0. The predicted octanol–water partition coefficient (Wildman–Crippen LogP) is 3.20. The third kappa shape index (κ3) is 3.16. The van der Waals surface area contributed by atoms with Gasteiger partial charge >= 0.3 is 6.03 Å². The number of halogens is 2. The number of ether oxygens (including phenoxy) is 2. The van der Waals surface area contributed by atoms with Crippen molar-refractivity contribution in [3.8, 4) is 11.5 Å². The Hall–Kier alpha value is -2.83. The highest BCUT2D eigenvalue weighted by molar-refractivity contribution is 5.89. The number of urea groups is 1. The molecule has 2 aromatic rings. The highest BCUT2D eigenvalue weighted by Crippen LogP contribution is 2.40. The number of hydrogen-bond donors (Lipinski definition) is 2. The average molecular weight is 360 g/mol. The summed E-state index contributed by atoms with van der Waals surface area (Å²) in [4.78, 5) is 12.0. The first-order chi connectivity index (χ1) is 12.6. The van der Waals surface area contributed by atoms with Crippen LogP contribution in [0.4, 0.5) is 19.3 Å². The molecule has 0 saturated carbocycles. The van der Waals surface area contributed by atoms with Crippen LogP contribution in [-0.2, 0) is 19.3 Å². The minimum absolute atomic E-state index is 0.194. The Bertz CT molecular complexity index is 838. The van der Waals surface area contributed by atoms with Crippen molar-refractivity contribution < 1.29 is 23.0 Å². The van der Waals surface area contributed by atoms with Gasteiger partial charge in [-0.1, -0.05) is 0 Å². The fourth-order valence-corrected chi connectivity index (χ4v) is 3.40. The van der Waals surface area contributed by atoms with Crippen LogP contribution in [0.3, 0.4) is 0 Å². The fourth-order valence-electron chi connectivity index (χ4n) is 3.40. The highest BCUT2D eigenvalue weighted by Gasteiger charge is 2.26. The van der Waals surface area contributed by atoms with Gasteiger partial charge in [-0.15, -0.1) is 0 Å². The standard InChI is InChI=1S/C19H18F2N2O3/c20-15-2-1-12(10-16(15)21)23-19(24)22-6-3-14-13-5-8-25-17(13)9-11-4-7-26-18(11)14/h1-2,9-10H,3-8H2,(H2,22,23,24). The molecule has 2 amide bonds.